The Morgan fingerprint density at radius 3 is 2.19 bits per heavy atom. The fraction of sp³-hybridized carbons (Fsp3) is 0.800. The third-order valence-corrected chi connectivity index (χ3v) is 4.38. The molecule has 1 heterocycles. The predicted octanol–water partition coefficient (Wildman–Crippen LogP) is 1.20. The van der Waals surface area contributed by atoms with Gasteiger partial charge in [-0.05, 0) is 19.3 Å². The van der Waals surface area contributed by atoms with Gasteiger partial charge in [0.15, 0.2) is 0 Å². The maximum Gasteiger partial charge on any atom is 0.306 e. The van der Waals surface area contributed by atoms with Crippen molar-refractivity contribution < 1.29 is 19.5 Å². The normalized spacial score (nSPS) is 16.7. The number of aliphatic carboxylic acids is 1. The smallest absolute Gasteiger partial charge is 0.306 e. The average Bonchev–Trinajstić information content (AvgIpc) is 2.46. The number of hydrogen-bond donors (Lipinski definition) is 1. The standard InChI is InChI=1S/C15H26N2O4/c1-5-15(2,3)14(21)16(4)10-12(18)17-8-6-11(7-9-17)13(19)20/h11H,5-10H2,1-4H3,(H,19,20). The topological polar surface area (TPSA) is 77.9 Å². The highest BCUT2D eigenvalue weighted by molar-refractivity contribution is 5.87. The van der Waals surface area contributed by atoms with Gasteiger partial charge >= 0.3 is 5.97 Å². The van der Waals surface area contributed by atoms with Gasteiger partial charge in [-0.25, -0.2) is 0 Å². The highest BCUT2D eigenvalue weighted by Crippen LogP contribution is 2.22. The molecule has 0 aromatic rings. The number of likely N-dealkylation sites (tertiary alicyclic amines) is 1. The third kappa shape index (κ3) is 4.44. The first kappa shape index (κ1) is 17.5. The summed E-state index contributed by atoms with van der Waals surface area (Å²) in [7, 11) is 1.64. The molecule has 1 aliphatic heterocycles. The largest absolute Gasteiger partial charge is 0.481 e. The minimum atomic E-state index is -0.793. The first-order valence-electron chi connectivity index (χ1n) is 7.45. The molecule has 0 bridgehead atoms. The predicted molar refractivity (Wildman–Crippen MR) is 78.6 cm³/mol. The van der Waals surface area contributed by atoms with Crippen molar-refractivity contribution in [2.45, 2.75) is 40.0 Å². The number of nitrogens with zero attached hydrogens (tertiary/aromatic N) is 2. The number of amides is 2. The number of carbonyl (C=O) groups is 3. The van der Waals surface area contributed by atoms with E-state index in [9.17, 15) is 14.4 Å². The van der Waals surface area contributed by atoms with Gasteiger partial charge < -0.3 is 14.9 Å². The van der Waals surface area contributed by atoms with Crippen molar-refractivity contribution in [1.29, 1.82) is 0 Å². The summed E-state index contributed by atoms with van der Waals surface area (Å²) in [5, 5.41) is 8.94. The maximum atomic E-state index is 12.2. The first-order valence-corrected chi connectivity index (χ1v) is 7.45. The number of piperidine rings is 1. The Morgan fingerprint density at radius 1 is 1.24 bits per heavy atom. The van der Waals surface area contributed by atoms with Gasteiger partial charge in [-0.2, -0.15) is 0 Å². The van der Waals surface area contributed by atoms with Gasteiger partial charge in [-0.15, -0.1) is 0 Å². The van der Waals surface area contributed by atoms with Crippen molar-refractivity contribution in [1.82, 2.24) is 9.80 Å². The zero-order valence-electron chi connectivity index (χ0n) is 13.4. The SMILES string of the molecule is CCC(C)(C)C(=O)N(C)CC(=O)N1CCC(C(=O)O)CC1. The molecule has 0 atom stereocenters. The molecular formula is C15H26N2O4. The molecule has 0 aromatic carbocycles. The molecule has 0 saturated carbocycles. The van der Waals surface area contributed by atoms with Gasteiger partial charge in [0.25, 0.3) is 0 Å². The van der Waals surface area contributed by atoms with Crippen LogP contribution < -0.4 is 0 Å². The molecule has 1 aliphatic rings. The van der Waals surface area contributed by atoms with E-state index >= 15 is 0 Å². The van der Waals surface area contributed by atoms with Gasteiger partial charge in [0.1, 0.15) is 0 Å². The highest BCUT2D eigenvalue weighted by Gasteiger charge is 2.31. The Morgan fingerprint density at radius 2 is 1.76 bits per heavy atom. The minimum Gasteiger partial charge on any atom is -0.481 e. The second kappa shape index (κ2) is 6.91. The summed E-state index contributed by atoms with van der Waals surface area (Å²) in [4.78, 5) is 38.4. The lowest BCUT2D eigenvalue weighted by atomic mass is 9.88. The van der Waals surface area contributed by atoms with E-state index in [0.29, 0.717) is 32.4 Å². The molecule has 1 fully saturated rings. The van der Waals surface area contributed by atoms with E-state index in [-0.39, 0.29) is 24.3 Å². The van der Waals surface area contributed by atoms with E-state index in [4.69, 9.17) is 5.11 Å². The number of likely N-dealkylation sites (N-methyl/N-ethyl adjacent to an activating group) is 1. The summed E-state index contributed by atoms with van der Waals surface area (Å²) in [6.45, 7) is 6.65. The van der Waals surface area contributed by atoms with Crippen molar-refractivity contribution in [3.05, 3.63) is 0 Å². The van der Waals surface area contributed by atoms with Crippen LogP contribution in [0.3, 0.4) is 0 Å². The molecular weight excluding hydrogens is 272 g/mol. The lowest BCUT2D eigenvalue weighted by Crippen LogP contribution is -2.47. The van der Waals surface area contributed by atoms with E-state index < -0.39 is 11.4 Å². The molecule has 0 aromatic heterocycles. The summed E-state index contributed by atoms with van der Waals surface area (Å²) in [6.07, 6.45) is 1.69. The molecule has 0 aliphatic carbocycles. The van der Waals surface area contributed by atoms with E-state index in [1.165, 1.54) is 4.90 Å². The lowest BCUT2D eigenvalue weighted by Gasteiger charge is -2.33. The van der Waals surface area contributed by atoms with Crippen molar-refractivity contribution in [2.75, 3.05) is 26.7 Å². The fourth-order valence-corrected chi connectivity index (χ4v) is 2.42. The zero-order chi connectivity index (χ0) is 16.2. The number of carboxylic acids is 1. The fourth-order valence-electron chi connectivity index (χ4n) is 2.42. The number of rotatable bonds is 5. The van der Waals surface area contributed by atoms with Gasteiger partial charge in [-0.3, -0.25) is 14.4 Å². The van der Waals surface area contributed by atoms with Gasteiger partial charge in [0.2, 0.25) is 11.8 Å². The lowest BCUT2D eigenvalue weighted by molar-refractivity contribution is -0.148. The highest BCUT2D eigenvalue weighted by atomic mass is 16.4. The van der Waals surface area contributed by atoms with Crippen molar-refractivity contribution in [3.8, 4) is 0 Å². The van der Waals surface area contributed by atoms with E-state index in [2.05, 4.69) is 0 Å². The summed E-state index contributed by atoms with van der Waals surface area (Å²) in [5.74, 6) is -1.30. The third-order valence-electron chi connectivity index (χ3n) is 4.38. The van der Waals surface area contributed by atoms with Crippen LogP contribution in [0.4, 0.5) is 0 Å². The van der Waals surface area contributed by atoms with Crippen LogP contribution in [0.15, 0.2) is 0 Å². The van der Waals surface area contributed by atoms with Crippen LogP contribution in [0.5, 0.6) is 0 Å². The molecule has 6 heteroatoms. The molecule has 120 valence electrons. The van der Waals surface area contributed by atoms with Crippen molar-refractivity contribution in [2.24, 2.45) is 11.3 Å². The van der Waals surface area contributed by atoms with Gasteiger partial charge in [0.05, 0.1) is 12.5 Å². The molecule has 2 amide bonds. The number of carboxylic acid groups (broad SMARTS) is 1. The van der Waals surface area contributed by atoms with Crippen LogP contribution in [-0.2, 0) is 14.4 Å². The summed E-state index contributed by atoms with van der Waals surface area (Å²) in [6, 6.07) is 0. The van der Waals surface area contributed by atoms with E-state index in [1.807, 2.05) is 20.8 Å². The van der Waals surface area contributed by atoms with Crippen LogP contribution in [0.1, 0.15) is 40.0 Å². The molecule has 0 radical (unpaired) electrons. The number of carbonyl (C=O) groups excluding carboxylic acids is 2. The summed E-state index contributed by atoms with van der Waals surface area (Å²) < 4.78 is 0. The Bertz CT molecular complexity index is 412. The molecule has 1 N–H and O–H groups in total. The zero-order valence-corrected chi connectivity index (χ0v) is 13.4. The Balaban J connectivity index is 2.51. The van der Waals surface area contributed by atoms with Crippen LogP contribution in [-0.4, -0.2) is 59.4 Å². The van der Waals surface area contributed by atoms with Crippen LogP contribution in [0, 0.1) is 11.3 Å². The van der Waals surface area contributed by atoms with Crippen LogP contribution >= 0.6 is 0 Å². The summed E-state index contributed by atoms with van der Waals surface area (Å²) in [5.41, 5.74) is -0.467. The van der Waals surface area contributed by atoms with E-state index in [1.54, 1.807) is 11.9 Å². The Hall–Kier alpha value is -1.59. The first-order chi connectivity index (χ1) is 9.69. The van der Waals surface area contributed by atoms with Crippen molar-refractivity contribution in [3.63, 3.8) is 0 Å². The Kier molecular flexibility index (Phi) is 5.75. The van der Waals surface area contributed by atoms with Crippen molar-refractivity contribution >= 4 is 17.8 Å². The molecule has 0 spiro atoms. The maximum absolute atomic E-state index is 12.2. The second-order valence-electron chi connectivity index (χ2n) is 6.39. The monoisotopic (exact) mass is 298 g/mol. The molecule has 1 rings (SSSR count). The van der Waals surface area contributed by atoms with Gasteiger partial charge in [0, 0.05) is 25.6 Å². The molecule has 1 saturated heterocycles. The average molecular weight is 298 g/mol. The second-order valence-corrected chi connectivity index (χ2v) is 6.39. The Labute approximate surface area is 126 Å². The van der Waals surface area contributed by atoms with Crippen LogP contribution in [0.25, 0.3) is 0 Å². The minimum absolute atomic E-state index is 0.0428. The molecule has 0 unspecified atom stereocenters. The van der Waals surface area contributed by atoms with Crippen LogP contribution in [0.2, 0.25) is 0 Å². The van der Waals surface area contributed by atoms with E-state index in [0.717, 1.165) is 0 Å². The molecule has 6 nitrogen and oxygen atoms in total. The summed E-state index contributed by atoms with van der Waals surface area (Å²) >= 11 is 0. The molecule has 21 heavy (non-hydrogen) atoms. The number of hydrogen-bond acceptors (Lipinski definition) is 3. The quantitative estimate of drug-likeness (QED) is 0.827. The van der Waals surface area contributed by atoms with Gasteiger partial charge in [-0.1, -0.05) is 20.8 Å².